The molecule has 0 atom stereocenters. The molecular weight excluding hydrogens is 274 g/mol. The van der Waals surface area contributed by atoms with E-state index in [1.54, 1.807) is 0 Å². The molecule has 1 aliphatic rings. The number of nitrogens with one attached hydrogen (secondary N) is 1. The lowest BCUT2D eigenvalue weighted by Crippen LogP contribution is -2.50. The van der Waals surface area contributed by atoms with Gasteiger partial charge in [-0.3, -0.25) is 9.69 Å². The molecule has 0 bridgehead atoms. The Kier molecular flexibility index (Phi) is 4.09. The maximum atomic E-state index is 12.7. The number of anilines is 1. The number of carbonyl (C=O) groups is 1. The second kappa shape index (κ2) is 6.18. The molecule has 114 valence electrons. The number of amides is 1. The van der Waals surface area contributed by atoms with Gasteiger partial charge >= 0.3 is 0 Å². The van der Waals surface area contributed by atoms with Gasteiger partial charge in [0.15, 0.2) is 0 Å². The third-order valence-electron chi connectivity index (χ3n) is 4.22. The van der Waals surface area contributed by atoms with Crippen molar-refractivity contribution in [3.63, 3.8) is 0 Å². The second-order valence-electron chi connectivity index (χ2n) is 5.85. The first-order valence-corrected chi connectivity index (χ1v) is 7.73. The first-order chi connectivity index (χ1) is 10.6. The zero-order valence-corrected chi connectivity index (χ0v) is 13.2. The van der Waals surface area contributed by atoms with Crippen LogP contribution in [-0.2, 0) is 0 Å². The summed E-state index contributed by atoms with van der Waals surface area (Å²) in [6, 6.07) is 12.1. The molecule has 1 fully saturated rings. The summed E-state index contributed by atoms with van der Waals surface area (Å²) in [4.78, 5) is 20.2. The number of aryl methyl sites for hydroxylation is 2. The molecule has 0 spiro atoms. The molecule has 2 heterocycles. The first kappa shape index (κ1) is 14.6. The molecule has 1 amide bonds. The van der Waals surface area contributed by atoms with Crippen molar-refractivity contribution in [1.29, 1.82) is 0 Å². The molecule has 1 saturated heterocycles. The zero-order valence-electron chi connectivity index (χ0n) is 13.2. The number of nitrogens with zero attached hydrogens (tertiary/aromatic N) is 2. The van der Waals surface area contributed by atoms with Crippen LogP contribution >= 0.6 is 0 Å². The van der Waals surface area contributed by atoms with Crippen molar-refractivity contribution in [3.05, 3.63) is 59.3 Å². The molecule has 4 heteroatoms. The molecule has 1 aliphatic heterocycles. The van der Waals surface area contributed by atoms with Crippen molar-refractivity contribution in [3.8, 4) is 0 Å². The van der Waals surface area contributed by atoms with E-state index in [0.717, 1.165) is 48.7 Å². The smallest absolute Gasteiger partial charge is 0.274 e. The summed E-state index contributed by atoms with van der Waals surface area (Å²) < 4.78 is 0. The predicted molar refractivity (Wildman–Crippen MR) is 87.0 cm³/mol. The van der Waals surface area contributed by atoms with Gasteiger partial charge in [0, 0.05) is 11.6 Å². The predicted octanol–water partition coefficient (Wildman–Crippen LogP) is 2.08. The normalized spacial score (nSPS) is 15.0. The van der Waals surface area contributed by atoms with Gasteiger partial charge in [0.1, 0.15) is 13.1 Å². The standard InChI is InChI=1S/C18H21N3O/c1-14-6-7-15(2)16(13-14)18(22)21-11-9-20(10-12-21)17-5-3-4-8-19-17/h3-8,13H,9-12H2,1-2H3/p+1. The Morgan fingerprint density at radius 3 is 2.50 bits per heavy atom. The molecule has 0 unspecified atom stereocenters. The fourth-order valence-electron chi connectivity index (χ4n) is 2.87. The summed E-state index contributed by atoms with van der Waals surface area (Å²) in [6.07, 6.45) is 1.93. The lowest BCUT2D eigenvalue weighted by atomic mass is 10.0. The lowest BCUT2D eigenvalue weighted by molar-refractivity contribution is -0.364. The first-order valence-electron chi connectivity index (χ1n) is 7.73. The average molecular weight is 296 g/mol. The van der Waals surface area contributed by atoms with Gasteiger partial charge in [-0.05, 0) is 31.5 Å². The Morgan fingerprint density at radius 2 is 1.82 bits per heavy atom. The number of carbonyl (C=O) groups excluding carboxylic acids is 1. The van der Waals surface area contributed by atoms with Crippen LogP contribution in [0.1, 0.15) is 21.5 Å². The van der Waals surface area contributed by atoms with E-state index < -0.39 is 0 Å². The summed E-state index contributed by atoms with van der Waals surface area (Å²) in [5.74, 6) is 1.26. The van der Waals surface area contributed by atoms with Crippen LogP contribution in [-0.4, -0.2) is 37.0 Å². The number of aromatic amines is 1. The van der Waals surface area contributed by atoms with E-state index in [1.165, 1.54) is 0 Å². The molecule has 3 rings (SSSR count). The fourth-order valence-corrected chi connectivity index (χ4v) is 2.87. The van der Waals surface area contributed by atoms with Gasteiger partial charge in [-0.25, -0.2) is 4.98 Å². The fraction of sp³-hybridized carbons (Fsp3) is 0.333. The van der Waals surface area contributed by atoms with Crippen LogP contribution in [0.5, 0.6) is 0 Å². The molecule has 2 aromatic rings. The maximum Gasteiger partial charge on any atom is 0.274 e. The lowest BCUT2D eigenvalue weighted by Gasteiger charge is -2.31. The Balaban J connectivity index is 1.68. The molecule has 1 aromatic carbocycles. The Bertz CT molecular complexity index is 661. The molecule has 0 aliphatic carbocycles. The minimum atomic E-state index is 0.151. The summed E-state index contributed by atoms with van der Waals surface area (Å²) in [5, 5.41) is 0. The van der Waals surface area contributed by atoms with E-state index in [4.69, 9.17) is 0 Å². The second-order valence-corrected chi connectivity index (χ2v) is 5.85. The monoisotopic (exact) mass is 296 g/mol. The highest BCUT2D eigenvalue weighted by Crippen LogP contribution is 2.16. The van der Waals surface area contributed by atoms with Crippen LogP contribution < -0.4 is 9.88 Å². The van der Waals surface area contributed by atoms with Gasteiger partial charge in [0.25, 0.3) is 11.7 Å². The van der Waals surface area contributed by atoms with Crippen LogP contribution in [0.2, 0.25) is 0 Å². The van der Waals surface area contributed by atoms with Crippen molar-refractivity contribution >= 4 is 11.7 Å². The van der Waals surface area contributed by atoms with Crippen molar-refractivity contribution < 1.29 is 9.78 Å². The third kappa shape index (κ3) is 2.96. The average Bonchev–Trinajstić information content (AvgIpc) is 2.57. The van der Waals surface area contributed by atoms with Gasteiger partial charge in [0.05, 0.1) is 19.3 Å². The van der Waals surface area contributed by atoms with Crippen LogP contribution in [0.15, 0.2) is 42.6 Å². The van der Waals surface area contributed by atoms with Gasteiger partial charge in [-0.15, -0.1) is 0 Å². The summed E-state index contributed by atoms with van der Waals surface area (Å²) in [5.41, 5.74) is 3.01. The number of hydrogen-bond acceptors (Lipinski definition) is 2. The highest BCUT2D eigenvalue weighted by Gasteiger charge is 2.27. The van der Waals surface area contributed by atoms with E-state index in [-0.39, 0.29) is 5.91 Å². The topological polar surface area (TPSA) is 37.7 Å². The van der Waals surface area contributed by atoms with Crippen LogP contribution in [0, 0.1) is 13.8 Å². The Hall–Kier alpha value is -2.36. The minimum Gasteiger partial charge on any atom is -0.331 e. The molecule has 0 saturated carbocycles. The van der Waals surface area contributed by atoms with E-state index in [9.17, 15) is 4.79 Å². The number of benzene rings is 1. The Labute approximate surface area is 131 Å². The molecule has 4 nitrogen and oxygen atoms in total. The van der Waals surface area contributed by atoms with Crippen molar-refractivity contribution in [2.75, 3.05) is 31.1 Å². The van der Waals surface area contributed by atoms with E-state index >= 15 is 0 Å². The number of hydrogen-bond donors (Lipinski definition) is 0. The van der Waals surface area contributed by atoms with Crippen molar-refractivity contribution in [2.24, 2.45) is 0 Å². The van der Waals surface area contributed by atoms with E-state index in [2.05, 4.69) is 22.0 Å². The van der Waals surface area contributed by atoms with Gasteiger partial charge in [-0.1, -0.05) is 23.8 Å². The summed E-state index contributed by atoms with van der Waals surface area (Å²) >= 11 is 0. The SMILES string of the molecule is Cc1ccc(C)c(C(=O)N2CCN(c3cccc[nH+]3)CC2)c1. The van der Waals surface area contributed by atoms with Crippen LogP contribution in [0.4, 0.5) is 5.82 Å². The quantitative estimate of drug-likeness (QED) is 0.851. The summed E-state index contributed by atoms with van der Waals surface area (Å²) in [7, 11) is 0. The summed E-state index contributed by atoms with van der Waals surface area (Å²) in [6.45, 7) is 7.26. The number of rotatable bonds is 2. The molecule has 1 aromatic heterocycles. The number of aromatic nitrogens is 1. The van der Waals surface area contributed by atoms with Gasteiger partial charge in [-0.2, -0.15) is 0 Å². The number of pyridine rings is 1. The molecule has 0 radical (unpaired) electrons. The highest BCUT2D eigenvalue weighted by molar-refractivity contribution is 5.96. The van der Waals surface area contributed by atoms with E-state index in [1.807, 2.05) is 49.2 Å². The largest absolute Gasteiger partial charge is 0.331 e. The Morgan fingerprint density at radius 1 is 1.05 bits per heavy atom. The van der Waals surface area contributed by atoms with Gasteiger partial charge < -0.3 is 4.90 Å². The highest BCUT2D eigenvalue weighted by atomic mass is 16.2. The van der Waals surface area contributed by atoms with Gasteiger partial charge in [0.2, 0.25) is 0 Å². The van der Waals surface area contributed by atoms with Crippen LogP contribution in [0.3, 0.4) is 0 Å². The van der Waals surface area contributed by atoms with Crippen molar-refractivity contribution in [2.45, 2.75) is 13.8 Å². The zero-order chi connectivity index (χ0) is 15.5. The molecular formula is C18H22N3O+. The molecule has 22 heavy (non-hydrogen) atoms. The third-order valence-corrected chi connectivity index (χ3v) is 4.22. The van der Waals surface area contributed by atoms with Crippen molar-refractivity contribution in [1.82, 2.24) is 4.90 Å². The van der Waals surface area contributed by atoms with Crippen LogP contribution in [0.25, 0.3) is 0 Å². The number of piperazine rings is 1. The molecule has 1 N–H and O–H groups in total. The minimum absolute atomic E-state index is 0.151. The number of H-pyrrole nitrogens is 1. The maximum absolute atomic E-state index is 12.7. The van der Waals surface area contributed by atoms with E-state index in [0.29, 0.717) is 0 Å².